The molecule has 0 spiro atoms. The number of nitrogens with one attached hydrogen (secondary N) is 3. The van der Waals surface area contributed by atoms with Crippen LogP contribution in [0.5, 0.6) is 5.75 Å². The number of aromatic amines is 1. The van der Waals surface area contributed by atoms with E-state index in [0.29, 0.717) is 42.1 Å². The summed E-state index contributed by atoms with van der Waals surface area (Å²) in [6.45, 7) is 4.76. The molecule has 188 valence electrons. The van der Waals surface area contributed by atoms with Crippen molar-refractivity contribution < 1.29 is 9.84 Å². The Morgan fingerprint density at radius 1 is 1.25 bits per heavy atom. The highest BCUT2D eigenvalue weighted by atomic mass is 16.5. The van der Waals surface area contributed by atoms with E-state index in [1.165, 1.54) is 0 Å². The molecule has 0 saturated heterocycles. The third-order valence-electron chi connectivity index (χ3n) is 6.25. The van der Waals surface area contributed by atoms with Gasteiger partial charge in [-0.15, -0.1) is 0 Å². The van der Waals surface area contributed by atoms with E-state index in [2.05, 4.69) is 20.7 Å². The number of anilines is 1. The van der Waals surface area contributed by atoms with Crippen molar-refractivity contribution in [3.05, 3.63) is 63.7 Å². The van der Waals surface area contributed by atoms with Gasteiger partial charge in [-0.1, -0.05) is 12.1 Å². The van der Waals surface area contributed by atoms with Gasteiger partial charge in [-0.05, 0) is 57.5 Å². The first-order valence-electron chi connectivity index (χ1n) is 12.2. The maximum absolute atomic E-state index is 12.5. The molecule has 3 aromatic heterocycles. The molecule has 36 heavy (non-hydrogen) atoms. The van der Waals surface area contributed by atoms with Gasteiger partial charge in [0.2, 0.25) is 0 Å². The van der Waals surface area contributed by atoms with Crippen molar-refractivity contribution in [3.8, 4) is 17.1 Å². The number of rotatable bonds is 10. The minimum atomic E-state index is -0.608. The van der Waals surface area contributed by atoms with E-state index in [9.17, 15) is 9.90 Å². The predicted molar refractivity (Wildman–Crippen MR) is 138 cm³/mol. The molecule has 1 atom stereocenters. The Balaban J connectivity index is 1.48. The van der Waals surface area contributed by atoms with E-state index in [4.69, 9.17) is 14.7 Å². The summed E-state index contributed by atoms with van der Waals surface area (Å²) in [5.41, 5.74) is 3.86. The number of hydrogen-bond donors (Lipinski definition) is 4. The van der Waals surface area contributed by atoms with Gasteiger partial charge in [0.25, 0.3) is 5.56 Å². The van der Waals surface area contributed by atoms with Crippen LogP contribution in [0.3, 0.4) is 0 Å². The molecule has 1 aliphatic carbocycles. The molecule has 1 aromatic carbocycles. The van der Waals surface area contributed by atoms with Crippen molar-refractivity contribution >= 4 is 16.9 Å². The average molecular weight is 490 g/mol. The monoisotopic (exact) mass is 489 g/mol. The highest BCUT2D eigenvalue weighted by Crippen LogP contribution is 2.37. The predicted octanol–water partition coefficient (Wildman–Crippen LogP) is 2.70. The standard InChI is InChI=1S/C26H31N7O3/c1-15-9-16(2)30-26(35)21(15)12-28-24-22-13-29-33(18-7-8-18)25(22)32-23(31-24)17-5-4-6-20(10-17)36-14-19(34)11-27-3/h4-6,9-10,13,18-19,27,34H,7-8,11-12,14H2,1-3H3,(H,30,35)(H,28,31,32). The Bertz CT molecular complexity index is 1440. The van der Waals surface area contributed by atoms with Crippen molar-refractivity contribution in [3.63, 3.8) is 0 Å². The van der Waals surface area contributed by atoms with E-state index in [0.717, 1.165) is 40.7 Å². The molecule has 1 fully saturated rings. The van der Waals surface area contributed by atoms with Crippen LogP contribution in [0.4, 0.5) is 5.82 Å². The SMILES string of the molecule is CNCC(O)COc1cccc(-c2nc(NCc3c(C)cc(C)[nH]c3=O)c3cnn(C4CC4)c3n2)c1. The number of aliphatic hydroxyl groups excluding tert-OH is 1. The molecule has 3 heterocycles. The summed E-state index contributed by atoms with van der Waals surface area (Å²) in [4.78, 5) is 25.1. The second-order valence-electron chi connectivity index (χ2n) is 9.30. The van der Waals surface area contributed by atoms with Crippen LogP contribution in [0.15, 0.2) is 41.3 Å². The summed E-state index contributed by atoms with van der Waals surface area (Å²) in [5, 5.41) is 21.7. The van der Waals surface area contributed by atoms with Gasteiger partial charge in [-0.2, -0.15) is 5.10 Å². The zero-order valence-corrected chi connectivity index (χ0v) is 20.7. The number of aromatic nitrogens is 5. The van der Waals surface area contributed by atoms with Crippen molar-refractivity contribution in [1.82, 2.24) is 30.0 Å². The first-order chi connectivity index (χ1) is 17.4. The first kappa shape index (κ1) is 24.0. The Morgan fingerprint density at radius 2 is 2.08 bits per heavy atom. The van der Waals surface area contributed by atoms with Gasteiger partial charge in [0.15, 0.2) is 11.5 Å². The molecule has 10 nitrogen and oxygen atoms in total. The maximum atomic E-state index is 12.5. The normalized spacial score (nSPS) is 14.2. The minimum absolute atomic E-state index is 0.107. The highest BCUT2D eigenvalue weighted by molar-refractivity contribution is 5.88. The lowest BCUT2D eigenvalue weighted by molar-refractivity contribution is 0.108. The molecule has 1 unspecified atom stereocenters. The van der Waals surface area contributed by atoms with E-state index >= 15 is 0 Å². The quantitative estimate of drug-likeness (QED) is 0.268. The molecule has 4 N–H and O–H groups in total. The summed E-state index contributed by atoms with van der Waals surface area (Å²) in [5.74, 6) is 1.78. The van der Waals surface area contributed by atoms with E-state index < -0.39 is 6.10 Å². The fraction of sp³-hybridized carbons (Fsp3) is 0.385. The lowest BCUT2D eigenvalue weighted by Crippen LogP contribution is -2.29. The van der Waals surface area contributed by atoms with E-state index in [-0.39, 0.29) is 12.2 Å². The van der Waals surface area contributed by atoms with Crippen LogP contribution in [0.2, 0.25) is 0 Å². The van der Waals surface area contributed by atoms with Crippen LogP contribution in [0.1, 0.15) is 35.7 Å². The molecule has 0 radical (unpaired) electrons. The van der Waals surface area contributed by atoms with Crippen LogP contribution < -0.4 is 20.9 Å². The third-order valence-corrected chi connectivity index (χ3v) is 6.25. The smallest absolute Gasteiger partial charge is 0.253 e. The Labute approximate surface area is 208 Å². The number of pyridine rings is 1. The van der Waals surface area contributed by atoms with Gasteiger partial charge in [0, 0.05) is 29.9 Å². The minimum Gasteiger partial charge on any atom is -0.491 e. The number of benzene rings is 1. The molecule has 0 amide bonds. The van der Waals surface area contributed by atoms with Gasteiger partial charge in [0.05, 0.1) is 17.6 Å². The van der Waals surface area contributed by atoms with Crippen molar-refractivity contribution in [2.24, 2.45) is 0 Å². The van der Waals surface area contributed by atoms with Gasteiger partial charge in [-0.25, -0.2) is 14.6 Å². The number of ether oxygens (including phenoxy) is 1. The summed E-state index contributed by atoms with van der Waals surface area (Å²) in [6.07, 6.45) is 3.34. The van der Waals surface area contributed by atoms with Gasteiger partial charge >= 0.3 is 0 Å². The maximum Gasteiger partial charge on any atom is 0.253 e. The molecular weight excluding hydrogens is 458 g/mol. The van der Waals surface area contributed by atoms with Crippen LogP contribution in [0, 0.1) is 13.8 Å². The van der Waals surface area contributed by atoms with Crippen molar-refractivity contribution in [1.29, 1.82) is 0 Å². The largest absolute Gasteiger partial charge is 0.491 e. The third kappa shape index (κ3) is 5.09. The second kappa shape index (κ2) is 10.1. The molecule has 1 aliphatic rings. The second-order valence-corrected chi connectivity index (χ2v) is 9.30. The fourth-order valence-corrected chi connectivity index (χ4v) is 4.26. The number of hydrogen-bond acceptors (Lipinski definition) is 8. The van der Waals surface area contributed by atoms with Gasteiger partial charge < -0.3 is 25.5 Å². The topological polar surface area (TPSA) is 130 Å². The Kier molecular flexibility index (Phi) is 6.71. The summed E-state index contributed by atoms with van der Waals surface area (Å²) in [7, 11) is 1.78. The number of H-pyrrole nitrogens is 1. The first-order valence-corrected chi connectivity index (χ1v) is 12.2. The summed E-state index contributed by atoms with van der Waals surface area (Å²) < 4.78 is 7.74. The lowest BCUT2D eigenvalue weighted by Gasteiger charge is -2.13. The van der Waals surface area contributed by atoms with Crippen LogP contribution >= 0.6 is 0 Å². The summed E-state index contributed by atoms with van der Waals surface area (Å²) in [6, 6.07) is 9.82. The molecule has 4 aromatic rings. The number of likely N-dealkylation sites (N-methyl/N-ethyl adjacent to an activating group) is 1. The molecule has 0 aliphatic heterocycles. The number of aryl methyl sites for hydroxylation is 2. The summed E-state index contributed by atoms with van der Waals surface area (Å²) >= 11 is 0. The number of aliphatic hydroxyl groups is 1. The van der Waals surface area contributed by atoms with Crippen LogP contribution in [-0.2, 0) is 6.54 Å². The Hall–Kier alpha value is -3.76. The average Bonchev–Trinajstić information content (AvgIpc) is 3.60. The molecule has 1 saturated carbocycles. The zero-order valence-electron chi connectivity index (χ0n) is 20.7. The highest BCUT2D eigenvalue weighted by Gasteiger charge is 2.28. The van der Waals surface area contributed by atoms with Gasteiger partial charge in [0.1, 0.15) is 24.3 Å². The van der Waals surface area contributed by atoms with Crippen molar-refractivity contribution in [2.75, 3.05) is 25.5 Å². The fourth-order valence-electron chi connectivity index (χ4n) is 4.26. The molecule has 10 heteroatoms. The number of fused-ring (bicyclic) bond motifs is 1. The van der Waals surface area contributed by atoms with Crippen LogP contribution in [0.25, 0.3) is 22.4 Å². The molecule has 5 rings (SSSR count). The lowest BCUT2D eigenvalue weighted by atomic mass is 10.1. The Morgan fingerprint density at radius 3 is 2.83 bits per heavy atom. The zero-order chi connectivity index (χ0) is 25.2. The molecule has 0 bridgehead atoms. The van der Waals surface area contributed by atoms with E-state index in [1.807, 2.05) is 48.9 Å². The number of nitrogens with zero attached hydrogens (tertiary/aromatic N) is 4. The van der Waals surface area contributed by atoms with Gasteiger partial charge in [-0.3, -0.25) is 4.79 Å². The molecular formula is C26H31N7O3. The van der Waals surface area contributed by atoms with Crippen molar-refractivity contribution in [2.45, 2.75) is 45.4 Å². The van der Waals surface area contributed by atoms with Crippen LogP contribution in [-0.4, -0.2) is 56.1 Å². The van der Waals surface area contributed by atoms with E-state index in [1.54, 1.807) is 13.2 Å².